The van der Waals surface area contributed by atoms with Gasteiger partial charge in [-0.1, -0.05) is 42.1 Å². The van der Waals surface area contributed by atoms with Crippen molar-refractivity contribution in [2.45, 2.75) is 32.6 Å². The lowest BCUT2D eigenvalue weighted by Crippen LogP contribution is -2.07. The first-order chi connectivity index (χ1) is 8.15. The standard InChI is InChI=1S/C13H18BrNO2/c1-2-3-4-5-8-15-12-9-10(14)6-7-11(12)13(16)17/h6-7,9,15H,2-5,8H2,1H3,(H,16,17). The maximum atomic E-state index is 11.0. The number of carboxylic acids is 1. The van der Waals surface area contributed by atoms with Gasteiger partial charge < -0.3 is 10.4 Å². The van der Waals surface area contributed by atoms with Crippen LogP contribution in [-0.4, -0.2) is 17.6 Å². The van der Waals surface area contributed by atoms with Gasteiger partial charge in [0, 0.05) is 16.7 Å². The minimum atomic E-state index is -0.895. The molecule has 0 aromatic heterocycles. The number of carboxylic acid groups (broad SMARTS) is 1. The van der Waals surface area contributed by atoms with E-state index in [0.29, 0.717) is 11.3 Å². The van der Waals surface area contributed by atoms with E-state index in [4.69, 9.17) is 5.11 Å². The molecule has 17 heavy (non-hydrogen) atoms. The van der Waals surface area contributed by atoms with E-state index in [-0.39, 0.29) is 0 Å². The number of hydrogen-bond acceptors (Lipinski definition) is 2. The third kappa shape index (κ3) is 4.77. The molecule has 0 spiro atoms. The van der Waals surface area contributed by atoms with Crippen LogP contribution < -0.4 is 5.32 Å². The predicted octanol–water partition coefficient (Wildman–Crippen LogP) is 4.14. The summed E-state index contributed by atoms with van der Waals surface area (Å²) in [7, 11) is 0. The Balaban J connectivity index is 2.56. The molecule has 0 aliphatic heterocycles. The minimum absolute atomic E-state index is 0.323. The van der Waals surface area contributed by atoms with Crippen molar-refractivity contribution in [3.05, 3.63) is 28.2 Å². The van der Waals surface area contributed by atoms with E-state index < -0.39 is 5.97 Å². The van der Waals surface area contributed by atoms with Gasteiger partial charge in [-0.15, -0.1) is 0 Å². The number of carbonyl (C=O) groups is 1. The molecule has 0 amide bonds. The number of rotatable bonds is 7. The van der Waals surface area contributed by atoms with Crippen LogP contribution in [0.15, 0.2) is 22.7 Å². The fourth-order valence-corrected chi connectivity index (χ4v) is 1.99. The summed E-state index contributed by atoms with van der Waals surface area (Å²) in [6.45, 7) is 2.99. The van der Waals surface area contributed by atoms with E-state index >= 15 is 0 Å². The summed E-state index contributed by atoms with van der Waals surface area (Å²) in [5.41, 5.74) is 1.01. The quantitative estimate of drug-likeness (QED) is 0.744. The van der Waals surface area contributed by atoms with Gasteiger partial charge in [0.25, 0.3) is 0 Å². The summed E-state index contributed by atoms with van der Waals surface area (Å²) in [5, 5.41) is 12.2. The molecule has 0 saturated carbocycles. The Labute approximate surface area is 110 Å². The zero-order chi connectivity index (χ0) is 12.7. The maximum absolute atomic E-state index is 11.0. The molecule has 0 fully saturated rings. The molecular weight excluding hydrogens is 282 g/mol. The van der Waals surface area contributed by atoms with Gasteiger partial charge in [-0.2, -0.15) is 0 Å². The third-order valence-electron chi connectivity index (χ3n) is 2.56. The first-order valence-electron chi connectivity index (χ1n) is 5.92. The minimum Gasteiger partial charge on any atom is -0.478 e. The number of anilines is 1. The van der Waals surface area contributed by atoms with Gasteiger partial charge >= 0.3 is 5.97 Å². The van der Waals surface area contributed by atoms with Crippen molar-refractivity contribution in [3.63, 3.8) is 0 Å². The molecule has 1 aromatic rings. The molecule has 4 heteroatoms. The average Bonchev–Trinajstić information content (AvgIpc) is 2.28. The number of aromatic carboxylic acids is 1. The Hall–Kier alpha value is -1.03. The van der Waals surface area contributed by atoms with Crippen molar-refractivity contribution in [2.24, 2.45) is 0 Å². The van der Waals surface area contributed by atoms with E-state index in [9.17, 15) is 4.79 Å². The maximum Gasteiger partial charge on any atom is 0.337 e. The molecule has 0 aliphatic carbocycles. The van der Waals surface area contributed by atoms with Crippen molar-refractivity contribution in [2.75, 3.05) is 11.9 Å². The van der Waals surface area contributed by atoms with Gasteiger partial charge in [0.2, 0.25) is 0 Å². The Bertz CT molecular complexity index is 380. The van der Waals surface area contributed by atoms with Crippen LogP contribution in [0.4, 0.5) is 5.69 Å². The highest BCUT2D eigenvalue weighted by atomic mass is 79.9. The van der Waals surface area contributed by atoms with Crippen LogP contribution >= 0.6 is 15.9 Å². The van der Waals surface area contributed by atoms with Crippen LogP contribution in [0.1, 0.15) is 43.0 Å². The molecule has 2 N–H and O–H groups in total. The number of hydrogen-bond donors (Lipinski definition) is 2. The first kappa shape index (κ1) is 14.0. The van der Waals surface area contributed by atoms with Gasteiger partial charge in [0.05, 0.1) is 5.56 Å². The van der Waals surface area contributed by atoms with Crippen molar-refractivity contribution in [3.8, 4) is 0 Å². The predicted molar refractivity (Wildman–Crippen MR) is 73.7 cm³/mol. The highest BCUT2D eigenvalue weighted by Gasteiger charge is 2.09. The Kier molecular flexibility index (Phi) is 6.05. The summed E-state index contributed by atoms with van der Waals surface area (Å²) >= 11 is 3.35. The van der Waals surface area contributed by atoms with Gasteiger partial charge in [-0.3, -0.25) is 0 Å². The first-order valence-corrected chi connectivity index (χ1v) is 6.71. The van der Waals surface area contributed by atoms with E-state index in [0.717, 1.165) is 17.4 Å². The Morgan fingerprint density at radius 2 is 2.12 bits per heavy atom. The summed E-state index contributed by atoms with van der Waals surface area (Å²) in [6, 6.07) is 5.16. The second-order valence-electron chi connectivity index (χ2n) is 3.98. The van der Waals surface area contributed by atoms with Crippen LogP contribution in [0.3, 0.4) is 0 Å². The molecule has 94 valence electrons. The topological polar surface area (TPSA) is 49.3 Å². The number of nitrogens with one attached hydrogen (secondary N) is 1. The highest BCUT2D eigenvalue weighted by Crippen LogP contribution is 2.21. The number of benzene rings is 1. The molecule has 0 bridgehead atoms. The van der Waals surface area contributed by atoms with Gasteiger partial charge in [0.15, 0.2) is 0 Å². The van der Waals surface area contributed by atoms with Crippen LogP contribution in [0.2, 0.25) is 0 Å². The average molecular weight is 300 g/mol. The van der Waals surface area contributed by atoms with Crippen LogP contribution in [0.5, 0.6) is 0 Å². The number of halogens is 1. The largest absolute Gasteiger partial charge is 0.478 e. The van der Waals surface area contributed by atoms with Crippen molar-refractivity contribution in [1.82, 2.24) is 0 Å². The Morgan fingerprint density at radius 1 is 1.35 bits per heavy atom. The van der Waals surface area contributed by atoms with Crippen molar-refractivity contribution >= 4 is 27.6 Å². The molecular formula is C13H18BrNO2. The van der Waals surface area contributed by atoms with Crippen molar-refractivity contribution in [1.29, 1.82) is 0 Å². The van der Waals surface area contributed by atoms with Crippen LogP contribution in [-0.2, 0) is 0 Å². The van der Waals surface area contributed by atoms with Gasteiger partial charge in [-0.05, 0) is 24.6 Å². The van der Waals surface area contributed by atoms with Gasteiger partial charge in [-0.25, -0.2) is 4.79 Å². The van der Waals surface area contributed by atoms with Crippen LogP contribution in [0.25, 0.3) is 0 Å². The normalized spacial score (nSPS) is 10.2. The van der Waals surface area contributed by atoms with Crippen LogP contribution in [0, 0.1) is 0 Å². The molecule has 1 aromatic carbocycles. The summed E-state index contributed by atoms with van der Waals surface area (Å²) in [4.78, 5) is 11.0. The second kappa shape index (κ2) is 7.33. The Morgan fingerprint density at radius 3 is 2.76 bits per heavy atom. The highest BCUT2D eigenvalue weighted by molar-refractivity contribution is 9.10. The molecule has 0 heterocycles. The molecule has 3 nitrogen and oxygen atoms in total. The fraction of sp³-hybridized carbons (Fsp3) is 0.462. The zero-order valence-electron chi connectivity index (χ0n) is 10.0. The van der Waals surface area contributed by atoms with E-state index in [1.54, 1.807) is 12.1 Å². The lowest BCUT2D eigenvalue weighted by atomic mass is 10.1. The zero-order valence-corrected chi connectivity index (χ0v) is 11.6. The lowest BCUT2D eigenvalue weighted by Gasteiger charge is -2.09. The monoisotopic (exact) mass is 299 g/mol. The van der Waals surface area contributed by atoms with Crippen molar-refractivity contribution < 1.29 is 9.90 Å². The molecule has 0 aliphatic rings. The number of unbranched alkanes of at least 4 members (excludes halogenated alkanes) is 3. The van der Waals surface area contributed by atoms with Gasteiger partial charge in [0.1, 0.15) is 0 Å². The smallest absolute Gasteiger partial charge is 0.337 e. The summed E-state index contributed by atoms with van der Waals surface area (Å²) < 4.78 is 0.888. The fourth-order valence-electron chi connectivity index (χ4n) is 1.62. The summed E-state index contributed by atoms with van der Waals surface area (Å²) in [5.74, 6) is -0.895. The molecule has 0 unspecified atom stereocenters. The van der Waals surface area contributed by atoms with E-state index in [2.05, 4.69) is 28.2 Å². The van der Waals surface area contributed by atoms with E-state index in [1.807, 2.05) is 6.07 Å². The molecule has 1 rings (SSSR count). The summed E-state index contributed by atoms with van der Waals surface area (Å²) in [6.07, 6.45) is 4.68. The molecule has 0 saturated heterocycles. The SMILES string of the molecule is CCCCCCNc1cc(Br)ccc1C(=O)O. The molecule has 0 radical (unpaired) electrons. The second-order valence-corrected chi connectivity index (χ2v) is 4.90. The van der Waals surface area contributed by atoms with E-state index in [1.165, 1.54) is 19.3 Å². The third-order valence-corrected chi connectivity index (χ3v) is 3.05. The lowest BCUT2D eigenvalue weighted by molar-refractivity contribution is 0.0698. The molecule has 0 atom stereocenters.